The van der Waals surface area contributed by atoms with E-state index in [4.69, 9.17) is 5.41 Å². The highest BCUT2D eigenvalue weighted by atomic mass is 79.9. The van der Waals surface area contributed by atoms with Crippen molar-refractivity contribution in [1.82, 2.24) is 10.2 Å². The molecule has 3 rings (SSSR count). The summed E-state index contributed by atoms with van der Waals surface area (Å²) in [5, 5.41) is 20.5. The van der Waals surface area contributed by atoms with E-state index in [0.29, 0.717) is 19.8 Å². The van der Waals surface area contributed by atoms with Crippen LogP contribution in [0, 0.1) is 16.7 Å². The third-order valence-electron chi connectivity index (χ3n) is 4.94. The van der Waals surface area contributed by atoms with Crippen LogP contribution in [-0.4, -0.2) is 23.8 Å². The molecule has 0 bridgehead atoms. The molecule has 1 aliphatic rings. The molecule has 146 valence electrons. The summed E-state index contributed by atoms with van der Waals surface area (Å²) in [5.74, 6) is -4.13. The zero-order valence-electron chi connectivity index (χ0n) is 15.3. The second-order valence-corrected chi connectivity index (χ2v) is 9.30. The molecule has 2 heterocycles. The van der Waals surface area contributed by atoms with Crippen LogP contribution < -0.4 is 5.32 Å². The van der Waals surface area contributed by atoms with Crippen LogP contribution in [0.1, 0.15) is 41.3 Å². The van der Waals surface area contributed by atoms with E-state index in [9.17, 15) is 18.8 Å². The number of carbonyl (C=O) groups excluding carboxylic acids is 1. The van der Waals surface area contributed by atoms with Gasteiger partial charge in [0.05, 0.1) is 20.8 Å². The lowest BCUT2D eigenvalue weighted by molar-refractivity contribution is -0.131. The topological polar surface area (TPSA) is 80.0 Å². The first kappa shape index (κ1) is 20.4. The van der Waals surface area contributed by atoms with Crippen molar-refractivity contribution >= 4 is 39.1 Å². The summed E-state index contributed by atoms with van der Waals surface area (Å²) < 4.78 is 27.8. The van der Waals surface area contributed by atoms with E-state index in [2.05, 4.69) is 27.3 Å². The average Bonchev–Trinajstić information content (AvgIpc) is 3.01. The number of alkyl halides is 2. The van der Waals surface area contributed by atoms with Crippen molar-refractivity contribution in [3.63, 3.8) is 0 Å². The first-order chi connectivity index (χ1) is 13.0. The molecule has 9 heteroatoms. The molecule has 0 radical (unpaired) electrons. The number of benzene rings is 1. The molecule has 1 amide bonds. The molecule has 0 aliphatic carbocycles. The Balaban J connectivity index is 2.14. The third-order valence-corrected chi connectivity index (χ3v) is 7.01. The van der Waals surface area contributed by atoms with Crippen molar-refractivity contribution in [2.24, 2.45) is 0 Å². The highest BCUT2D eigenvalue weighted by molar-refractivity contribution is 9.11. The van der Waals surface area contributed by atoms with E-state index in [1.807, 2.05) is 0 Å². The van der Waals surface area contributed by atoms with Gasteiger partial charge in [0.1, 0.15) is 6.07 Å². The van der Waals surface area contributed by atoms with E-state index < -0.39 is 17.4 Å². The molecule has 2 atom stereocenters. The standard InChI is InChI=1S/C19H17BrF2N4OS/c1-18(13-8-11(9-23)15(20)28-13)14(16(27)26(3)17(24)25-18)10-4-6-12(7-5-10)19(2,21)22/h4-8,14H,1-3H3,(H2,24,25)/t14?,18-/m1/s1. The third kappa shape index (κ3) is 3.31. The van der Waals surface area contributed by atoms with Gasteiger partial charge >= 0.3 is 0 Å². The van der Waals surface area contributed by atoms with Crippen LogP contribution in [0.15, 0.2) is 34.1 Å². The van der Waals surface area contributed by atoms with E-state index in [1.54, 1.807) is 13.0 Å². The van der Waals surface area contributed by atoms with Crippen LogP contribution in [-0.2, 0) is 16.3 Å². The Morgan fingerprint density at radius 3 is 2.50 bits per heavy atom. The zero-order valence-corrected chi connectivity index (χ0v) is 17.7. The number of guanidine groups is 1. The molecular formula is C19H17BrF2N4OS. The number of thiophene rings is 1. The minimum absolute atomic E-state index is 0.0662. The first-order valence-corrected chi connectivity index (χ1v) is 9.92. The van der Waals surface area contributed by atoms with Gasteiger partial charge in [-0.25, -0.2) is 8.78 Å². The fourth-order valence-electron chi connectivity index (χ4n) is 3.30. The maximum Gasteiger partial charge on any atom is 0.270 e. The molecule has 1 fully saturated rings. The largest absolute Gasteiger partial charge is 0.345 e. The van der Waals surface area contributed by atoms with Crippen LogP contribution in [0.5, 0.6) is 0 Å². The van der Waals surface area contributed by atoms with Crippen molar-refractivity contribution in [3.05, 3.63) is 55.7 Å². The summed E-state index contributed by atoms with van der Waals surface area (Å²) in [6.07, 6.45) is 0. The van der Waals surface area contributed by atoms with Gasteiger partial charge in [-0.1, -0.05) is 24.3 Å². The molecule has 0 spiro atoms. The van der Waals surface area contributed by atoms with Gasteiger partial charge in [0.15, 0.2) is 5.96 Å². The maximum absolute atomic E-state index is 13.6. The normalized spacial score (nSPS) is 22.8. The lowest BCUT2D eigenvalue weighted by Crippen LogP contribution is -2.62. The Hall–Kier alpha value is -2.31. The fourth-order valence-corrected chi connectivity index (χ4v) is 4.99. The number of rotatable bonds is 3. The summed E-state index contributed by atoms with van der Waals surface area (Å²) >= 11 is 4.65. The molecule has 5 nitrogen and oxygen atoms in total. The van der Waals surface area contributed by atoms with Gasteiger partial charge < -0.3 is 5.32 Å². The van der Waals surface area contributed by atoms with E-state index in [0.717, 1.165) is 6.92 Å². The van der Waals surface area contributed by atoms with Crippen LogP contribution in [0.25, 0.3) is 0 Å². The molecule has 1 saturated heterocycles. The number of hydrogen-bond donors (Lipinski definition) is 2. The van der Waals surface area contributed by atoms with Crippen molar-refractivity contribution < 1.29 is 13.6 Å². The van der Waals surface area contributed by atoms with Crippen molar-refractivity contribution in [3.8, 4) is 6.07 Å². The monoisotopic (exact) mass is 466 g/mol. The molecule has 1 aromatic heterocycles. The number of nitriles is 1. The van der Waals surface area contributed by atoms with Gasteiger partial charge in [-0.15, -0.1) is 11.3 Å². The molecular weight excluding hydrogens is 450 g/mol. The predicted molar refractivity (Wildman–Crippen MR) is 106 cm³/mol. The summed E-state index contributed by atoms with van der Waals surface area (Å²) in [5.41, 5.74) is -0.170. The minimum atomic E-state index is -2.98. The van der Waals surface area contributed by atoms with Crippen molar-refractivity contribution in [1.29, 1.82) is 10.7 Å². The van der Waals surface area contributed by atoms with Crippen LogP contribution in [0.3, 0.4) is 0 Å². The lowest BCUT2D eigenvalue weighted by Gasteiger charge is -2.45. The van der Waals surface area contributed by atoms with Gasteiger partial charge in [-0.05, 0) is 34.5 Å². The van der Waals surface area contributed by atoms with Gasteiger partial charge in [0, 0.05) is 24.4 Å². The number of nitrogens with zero attached hydrogens (tertiary/aromatic N) is 2. The molecule has 0 saturated carbocycles. The highest BCUT2D eigenvalue weighted by Gasteiger charge is 2.49. The predicted octanol–water partition coefficient (Wildman–Crippen LogP) is 4.49. The summed E-state index contributed by atoms with van der Waals surface area (Å²) in [6.45, 7) is 2.60. The second kappa shape index (κ2) is 6.94. The number of carbonyl (C=O) groups is 1. The second-order valence-electron chi connectivity index (χ2n) is 6.93. The molecule has 28 heavy (non-hydrogen) atoms. The average molecular weight is 467 g/mol. The van der Waals surface area contributed by atoms with Gasteiger partial charge in [-0.2, -0.15) is 5.26 Å². The van der Waals surface area contributed by atoms with E-state index in [1.165, 1.54) is 47.5 Å². The van der Waals surface area contributed by atoms with Gasteiger partial charge in [0.2, 0.25) is 5.91 Å². The van der Waals surface area contributed by atoms with Crippen LogP contribution >= 0.6 is 27.3 Å². The Morgan fingerprint density at radius 2 is 2.00 bits per heavy atom. The van der Waals surface area contributed by atoms with Crippen LogP contribution in [0.2, 0.25) is 0 Å². The Morgan fingerprint density at radius 1 is 1.39 bits per heavy atom. The Kier molecular flexibility index (Phi) is 5.06. The molecule has 1 aromatic carbocycles. The van der Waals surface area contributed by atoms with Crippen molar-refractivity contribution in [2.45, 2.75) is 31.2 Å². The summed E-state index contributed by atoms with van der Waals surface area (Å²) in [4.78, 5) is 15.0. The first-order valence-electron chi connectivity index (χ1n) is 8.31. The SMILES string of the molecule is CN1C(=N)N[C@](C)(c2cc(C#N)c(Br)s2)C(c2ccc(C(C)(F)F)cc2)C1=O. The molecule has 1 aliphatic heterocycles. The highest BCUT2D eigenvalue weighted by Crippen LogP contribution is 2.45. The maximum atomic E-state index is 13.6. The summed E-state index contributed by atoms with van der Waals surface area (Å²) in [6, 6.07) is 9.43. The van der Waals surface area contributed by atoms with Gasteiger partial charge in [0.25, 0.3) is 5.92 Å². The molecule has 2 aromatic rings. The number of amides is 1. The number of likely N-dealkylation sites (N-methyl/N-ethyl adjacent to an activating group) is 1. The molecule has 2 N–H and O–H groups in total. The van der Waals surface area contributed by atoms with E-state index >= 15 is 0 Å². The van der Waals surface area contributed by atoms with Crippen molar-refractivity contribution in [2.75, 3.05) is 7.05 Å². The molecule has 1 unspecified atom stereocenters. The Bertz CT molecular complexity index is 993. The smallest absolute Gasteiger partial charge is 0.270 e. The number of halogens is 3. The Labute approximate surface area is 173 Å². The zero-order chi connectivity index (χ0) is 20.9. The quantitative estimate of drug-likeness (QED) is 0.698. The fraction of sp³-hybridized carbons (Fsp3) is 0.316. The lowest BCUT2D eigenvalue weighted by atomic mass is 9.76. The minimum Gasteiger partial charge on any atom is -0.345 e. The van der Waals surface area contributed by atoms with Crippen LogP contribution in [0.4, 0.5) is 8.78 Å². The van der Waals surface area contributed by atoms with Gasteiger partial charge in [-0.3, -0.25) is 15.1 Å². The number of hydrogen-bond acceptors (Lipinski definition) is 4. The number of nitrogens with one attached hydrogen (secondary N) is 2. The van der Waals surface area contributed by atoms with E-state index in [-0.39, 0.29) is 17.4 Å². The summed E-state index contributed by atoms with van der Waals surface area (Å²) in [7, 11) is 1.49.